The summed E-state index contributed by atoms with van der Waals surface area (Å²) in [5.41, 5.74) is 35.7. The van der Waals surface area contributed by atoms with Crippen LogP contribution in [0.2, 0.25) is 0 Å². The number of guanidine groups is 2. The number of carbonyl (C=O) groups excluding carboxylic acids is 9. The predicted octanol–water partition coefficient (Wildman–Crippen LogP) is -4.00. The number of fused-ring (bicyclic) bond motifs is 1. The zero-order valence-corrected chi connectivity index (χ0v) is 41.5. The number of carbonyl (C=O) groups is 9. The van der Waals surface area contributed by atoms with Crippen molar-refractivity contribution in [2.24, 2.45) is 44.4 Å². The minimum atomic E-state index is -1.38. The van der Waals surface area contributed by atoms with Gasteiger partial charge in [0.05, 0.1) is 0 Å². The second-order valence-electron chi connectivity index (χ2n) is 17.8. The molecule has 4 rings (SSSR count). The molecule has 26 heteroatoms. The summed E-state index contributed by atoms with van der Waals surface area (Å²) < 4.78 is 0. The van der Waals surface area contributed by atoms with Crippen molar-refractivity contribution in [1.82, 2.24) is 47.5 Å². The fraction of sp³-hybridized carbons (Fsp3) is 0.479. The molecule has 0 radical (unpaired) electrons. The van der Waals surface area contributed by atoms with Crippen LogP contribution < -0.4 is 76.9 Å². The van der Waals surface area contributed by atoms with Crippen molar-refractivity contribution in [3.63, 3.8) is 0 Å². The van der Waals surface area contributed by atoms with E-state index in [-0.39, 0.29) is 109 Å². The smallest absolute Gasteiger partial charge is 0.243 e. The zero-order chi connectivity index (χ0) is 54.2. The van der Waals surface area contributed by atoms with E-state index in [1.807, 2.05) is 18.2 Å². The molecule has 1 aliphatic heterocycles. The summed E-state index contributed by atoms with van der Waals surface area (Å²) in [4.78, 5) is 135. The highest BCUT2D eigenvalue weighted by atomic mass is 16.2. The Morgan fingerprint density at radius 1 is 0.689 bits per heavy atom. The molecule has 7 atom stereocenters. The Kier molecular flexibility index (Phi) is 23.6. The van der Waals surface area contributed by atoms with Crippen molar-refractivity contribution in [1.29, 1.82) is 0 Å². The molecule has 1 fully saturated rings. The van der Waals surface area contributed by atoms with E-state index in [0.717, 1.165) is 10.9 Å². The number of benzene rings is 2. The molecule has 21 N–H and O–H groups in total. The molecule has 74 heavy (non-hydrogen) atoms. The molecule has 0 saturated carbocycles. The number of para-hydroxylation sites is 1. The van der Waals surface area contributed by atoms with Crippen LogP contribution in [0.25, 0.3) is 10.9 Å². The van der Waals surface area contributed by atoms with Gasteiger partial charge >= 0.3 is 0 Å². The number of primary amides is 1. The van der Waals surface area contributed by atoms with Gasteiger partial charge in [0.15, 0.2) is 11.9 Å². The maximum atomic E-state index is 14.6. The Morgan fingerprint density at radius 2 is 1.27 bits per heavy atom. The Hall–Kier alpha value is -8.29. The fourth-order valence-corrected chi connectivity index (χ4v) is 8.11. The molecule has 0 unspecified atom stereocenters. The van der Waals surface area contributed by atoms with Crippen molar-refractivity contribution in [3.8, 4) is 0 Å². The Morgan fingerprint density at radius 3 is 1.92 bits per heavy atom. The van der Waals surface area contributed by atoms with Crippen LogP contribution in [-0.4, -0.2) is 139 Å². The quantitative estimate of drug-likeness (QED) is 0.0328. The van der Waals surface area contributed by atoms with Gasteiger partial charge in [-0.2, -0.15) is 0 Å². The minimum absolute atomic E-state index is 0.00485. The van der Waals surface area contributed by atoms with Crippen LogP contribution >= 0.6 is 0 Å². The monoisotopic (exact) mass is 1030 g/mol. The van der Waals surface area contributed by atoms with E-state index in [2.05, 4.69) is 57.5 Å². The lowest BCUT2D eigenvalue weighted by Crippen LogP contribution is -2.60. The normalized spacial score (nSPS) is 21.2. The summed E-state index contributed by atoms with van der Waals surface area (Å²) >= 11 is 0. The summed E-state index contributed by atoms with van der Waals surface area (Å²) in [5, 5.41) is 22.1. The third-order valence-electron chi connectivity index (χ3n) is 11.9. The van der Waals surface area contributed by atoms with E-state index in [4.69, 9.17) is 34.4 Å². The van der Waals surface area contributed by atoms with Gasteiger partial charge in [0.2, 0.25) is 53.2 Å². The topological polar surface area (TPSA) is 446 Å². The number of hydrogen-bond acceptors (Lipinski definition) is 12. The van der Waals surface area contributed by atoms with E-state index >= 15 is 0 Å². The van der Waals surface area contributed by atoms with Gasteiger partial charge in [-0.15, -0.1) is 0 Å². The number of nitrogens with two attached hydrogens (primary N) is 6. The van der Waals surface area contributed by atoms with Gasteiger partial charge in [-0.1, -0.05) is 48.5 Å². The van der Waals surface area contributed by atoms with Gasteiger partial charge in [-0.05, 0) is 75.1 Å². The van der Waals surface area contributed by atoms with Crippen molar-refractivity contribution in [2.75, 3.05) is 26.2 Å². The second kappa shape index (κ2) is 29.9. The lowest BCUT2D eigenvalue weighted by molar-refractivity contribution is -0.135. The molecule has 402 valence electrons. The van der Waals surface area contributed by atoms with Gasteiger partial charge in [0.25, 0.3) is 0 Å². The molecule has 9 amide bonds. The Bertz CT molecular complexity index is 2480. The van der Waals surface area contributed by atoms with Gasteiger partial charge in [0, 0.05) is 62.9 Å². The first-order chi connectivity index (χ1) is 35.3. The van der Waals surface area contributed by atoms with Gasteiger partial charge in [-0.3, -0.25) is 53.1 Å². The van der Waals surface area contributed by atoms with Gasteiger partial charge in [-0.25, -0.2) is 0 Å². The Balaban J connectivity index is 1.75. The number of H-pyrrole nitrogens is 1. The third-order valence-corrected chi connectivity index (χ3v) is 11.9. The van der Waals surface area contributed by atoms with E-state index in [9.17, 15) is 43.2 Å². The molecule has 1 aliphatic rings. The number of nitrogens with zero attached hydrogens (tertiary/aromatic N) is 2. The van der Waals surface area contributed by atoms with Crippen LogP contribution in [0.4, 0.5) is 0 Å². The lowest BCUT2D eigenvalue weighted by Gasteiger charge is -2.28. The summed E-state index contributed by atoms with van der Waals surface area (Å²) in [6.45, 7) is 1.14. The molecule has 2 heterocycles. The first-order valence-electron chi connectivity index (χ1n) is 24.4. The molecule has 26 nitrogen and oxygen atoms in total. The Labute approximate surface area is 427 Å². The number of rotatable bonds is 18. The van der Waals surface area contributed by atoms with Gasteiger partial charge in [0.1, 0.15) is 42.3 Å². The summed E-state index contributed by atoms with van der Waals surface area (Å²) in [5.74, 6) is -7.26. The number of aromatic amines is 1. The van der Waals surface area contributed by atoms with Crippen molar-refractivity contribution in [3.05, 3.63) is 71.9 Å². The number of amides is 9. The minimum Gasteiger partial charge on any atom is -0.370 e. The van der Waals surface area contributed by atoms with Crippen molar-refractivity contribution >= 4 is 76.0 Å². The predicted molar refractivity (Wildman–Crippen MR) is 276 cm³/mol. The average molecular weight is 1030 g/mol. The largest absolute Gasteiger partial charge is 0.370 e. The molecule has 3 aromatic rings. The third kappa shape index (κ3) is 19.7. The standard InChI is InChI=1S/C48H71N17O9/c1-27(66)59-33(15-8-21-56-47(51)52)41(69)61-34-14-7-17-39(67)55-23-19-32(40(50)68)60-46(74)38(25-29-26-58-31-13-6-5-12-30(29)31)65-43(71)35(16-9-22-57-48(53)54)62-45(73)37(24-28-10-3-2-4-11-28)64-44(72)36(18-20-49)63-42(34)70/h2-6,10-13,26,32-38,58H,7-9,14-25,49H2,1H3,(H2,50,68)(H,55,67)(H,59,66)(H,60,74)(H,61,69)(H,62,73)(H,63,70)(H,64,72)(H,65,71)(H4,51,52,56)(H4,53,54,57)/t32-,33-,34-,35-,36-,37+,38-/m0/s1. The van der Waals surface area contributed by atoms with E-state index in [1.165, 1.54) is 6.92 Å². The highest BCUT2D eigenvalue weighted by Crippen LogP contribution is 2.20. The fourth-order valence-electron chi connectivity index (χ4n) is 8.11. The molecule has 1 saturated heterocycles. The van der Waals surface area contributed by atoms with Crippen LogP contribution in [-0.2, 0) is 56.0 Å². The molecule has 0 bridgehead atoms. The maximum absolute atomic E-state index is 14.6. The number of aliphatic imine (C=N–C) groups is 2. The summed E-state index contributed by atoms with van der Waals surface area (Å²) in [6, 6.07) is 6.58. The van der Waals surface area contributed by atoms with Crippen LogP contribution in [0.15, 0.2) is 70.8 Å². The first-order valence-corrected chi connectivity index (χ1v) is 24.4. The number of aromatic nitrogens is 1. The van der Waals surface area contributed by atoms with Crippen molar-refractivity contribution < 1.29 is 43.2 Å². The SMILES string of the molecule is CC(=O)N[C@@H](CCCN=C(N)N)C(=O)N[C@H]1CCCC(=O)NCC[C@@H](C(N)=O)NC(=O)[C@H](Cc2c[nH]c3ccccc23)NC(=O)[C@H](CCCN=C(N)N)NC(=O)[C@@H](Cc2ccccc2)NC(=O)[C@H](CCN)NC1=O. The highest BCUT2D eigenvalue weighted by molar-refractivity contribution is 5.98. The zero-order valence-electron chi connectivity index (χ0n) is 41.5. The van der Waals surface area contributed by atoms with Gasteiger partial charge < -0.3 is 81.9 Å². The highest BCUT2D eigenvalue weighted by Gasteiger charge is 2.34. The summed E-state index contributed by atoms with van der Waals surface area (Å²) in [6.07, 6.45) is 1.29. The van der Waals surface area contributed by atoms with Crippen LogP contribution in [0.1, 0.15) is 75.8 Å². The molecule has 0 spiro atoms. The molecular weight excluding hydrogens is 959 g/mol. The van der Waals surface area contributed by atoms with Crippen LogP contribution in [0.5, 0.6) is 0 Å². The van der Waals surface area contributed by atoms with Crippen molar-refractivity contribution in [2.45, 2.75) is 120 Å². The van der Waals surface area contributed by atoms with Crippen LogP contribution in [0.3, 0.4) is 0 Å². The molecule has 0 aliphatic carbocycles. The van der Waals surface area contributed by atoms with E-state index in [0.29, 0.717) is 11.1 Å². The summed E-state index contributed by atoms with van der Waals surface area (Å²) in [7, 11) is 0. The first kappa shape index (κ1) is 58.3. The van der Waals surface area contributed by atoms with Crippen LogP contribution in [0, 0.1) is 0 Å². The number of hydrogen-bond donors (Lipinski definition) is 15. The van der Waals surface area contributed by atoms with E-state index in [1.54, 1.807) is 42.6 Å². The maximum Gasteiger partial charge on any atom is 0.243 e. The number of nitrogens with one attached hydrogen (secondary N) is 9. The molecule has 1 aromatic heterocycles. The molecule has 2 aromatic carbocycles. The van der Waals surface area contributed by atoms with E-state index < -0.39 is 95.5 Å². The second-order valence-corrected chi connectivity index (χ2v) is 17.8. The molecular formula is C48H71N17O9. The lowest BCUT2D eigenvalue weighted by atomic mass is 10.0. The average Bonchev–Trinajstić information content (AvgIpc) is 3.76.